The molecule has 2 rings (SSSR count). The van der Waals surface area contributed by atoms with E-state index in [1.54, 1.807) is 0 Å². The van der Waals surface area contributed by atoms with Crippen molar-refractivity contribution in [1.29, 1.82) is 0 Å². The van der Waals surface area contributed by atoms with Crippen LogP contribution in [0.25, 0.3) is 0 Å². The van der Waals surface area contributed by atoms with Gasteiger partial charge in [0.05, 0.1) is 0 Å². The molecule has 2 amide bonds. The Morgan fingerprint density at radius 1 is 0.846 bits per heavy atom. The highest BCUT2D eigenvalue weighted by molar-refractivity contribution is 5.79. The standard InChI is InChI=1S/C21H39N3O2/c1-15(2)24(9-5-7-22-20(25)18-11-16(3)12-18)10-6-8-23-21(26)19-13-17(4)14-19/h15-19H,5-14H2,1-4H3,(H,22,25)(H,23,26). The maximum absolute atomic E-state index is 12.0. The minimum absolute atomic E-state index is 0.243. The zero-order valence-corrected chi connectivity index (χ0v) is 17.2. The van der Waals surface area contributed by atoms with E-state index in [2.05, 4.69) is 43.2 Å². The molecule has 150 valence electrons. The highest BCUT2D eigenvalue weighted by Gasteiger charge is 2.31. The van der Waals surface area contributed by atoms with Crippen LogP contribution in [0, 0.1) is 23.7 Å². The van der Waals surface area contributed by atoms with Crippen LogP contribution in [0.5, 0.6) is 0 Å². The number of carbonyl (C=O) groups is 2. The van der Waals surface area contributed by atoms with E-state index in [9.17, 15) is 9.59 Å². The lowest BCUT2D eigenvalue weighted by molar-refractivity contribution is -0.129. The van der Waals surface area contributed by atoms with Crippen LogP contribution in [0.1, 0.15) is 66.2 Å². The lowest BCUT2D eigenvalue weighted by atomic mass is 9.76. The summed E-state index contributed by atoms with van der Waals surface area (Å²) in [6.07, 6.45) is 6.17. The molecule has 0 unspecified atom stereocenters. The molecule has 2 saturated carbocycles. The molecule has 2 N–H and O–H groups in total. The third-order valence-electron chi connectivity index (χ3n) is 6.06. The number of carbonyl (C=O) groups excluding carboxylic acids is 2. The van der Waals surface area contributed by atoms with Gasteiger partial charge in [0.15, 0.2) is 0 Å². The van der Waals surface area contributed by atoms with Crippen molar-refractivity contribution in [3.8, 4) is 0 Å². The second-order valence-electron chi connectivity index (χ2n) is 8.97. The molecule has 0 aliphatic heterocycles. The first-order valence-corrected chi connectivity index (χ1v) is 10.7. The van der Waals surface area contributed by atoms with E-state index >= 15 is 0 Å². The van der Waals surface area contributed by atoms with Gasteiger partial charge < -0.3 is 15.5 Å². The van der Waals surface area contributed by atoms with Gasteiger partial charge in [-0.05, 0) is 64.2 Å². The van der Waals surface area contributed by atoms with Gasteiger partial charge in [-0.1, -0.05) is 13.8 Å². The average molecular weight is 366 g/mol. The fourth-order valence-corrected chi connectivity index (χ4v) is 4.14. The zero-order chi connectivity index (χ0) is 19.1. The summed E-state index contributed by atoms with van der Waals surface area (Å²) in [5.74, 6) is 2.44. The Labute approximate surface area is 159 Å². The molecular formula is C21H39N3O2. The second-order valence-corrected chi connectivity index (χ2v) is 8.97. The first-order chi connectivity index (χ1) is 12.4. The maximum atomic E-state index is 12.0. The van der Waals surface area contributed by atoms with Crippen LogP contribution in [-0.4, -0.2) is 48.9 Å². The first kappa shape index (κ1) is 21.2. The Bertz CT molecular complexity index is 416. The lowest BCUT2D eigenvalue weighted by Gasteiger charge is -2.32. The fourth-order valence-electron chi connectivity index (χ4n) is 4.14. The third-order valence-corrected chi connectivity index (χ3v) is 6.06. The van der Waals surface area contributed by atoms with Crippen LogP contribution >= 0.6 is 0 Å². The summed E-state index contributed by atoms with van der Waals surface area (Å²) in [6.45, 7) is 12.4. The van der Waals surface area contributed by atoms with Gasteiger partial charge in [-0.2, -0.15) is 0 Å². The summed E-state index contributed by atoms with van der Waals surface area (Å²) in [5.41, 5.74) is 0. The van der Waals surface area contributed by atoms with E-state index in [1.165, 1.54) is 0 Å². The van der Waals surface area contributed by atoms with Gasteiger partial charge in [0.2, 0.25) is 11.8 Å². The minimum atomic E-state index is 0.243. The Hall–Kier alpha value is -1.10. The molecule has 26 heavy (non-hydrogen) atoms. The van der Waals surface area contributed by atoms with Crippen molar-refractivity contribution in [2.45, 2.75) is 72.3 Å². The smallest absolute Gasteiger partial charge is 0.223 e. The molecule has 2 aliphatic carbocycles. The summed E-state index contributed by atoms with van der Waals surface area (Å²) in [4.78, 5) is 26.4. The maximum Gasteiger partial charge on any atom is 0.223 e. The van der Waals surface area contributed by atoms with Gasteiger partial charge >= 0.3 is 0 Å². The summed E-state index contributed by atoms with van der Waals surface area (Å²) in [5, 5.41) is 6.18. The number of rotatable bonds is 11. The van der Waals surface area contributed by atoms with Crippen LogP contribution in [0.15, 0.2) is 0 Å². The molecule has 5 nitrogen and oxygen atoms in total. The lowest BCUT2D eigenvalue weighted by Crippen LogP contribution is -2.41. The van der Waals surface area contributed by atoms with Gasteiger partial charge in [0, 0.05) is 44.1 Å². The number of nitrogens with zero attached hydrogens (tertiary/aromatic N) is 1. The van der Waals surface area contributed by atoms with Crippen molar-refractivity contribution in [3.63, 3.8) is 0 Å². The van der Waals surface area contributed by atoms with Gasteiger partial charge in [-0.25, -0.2) is 0 Å². The largest absolute Gasteiger partial charge is 0.356 e. The van der Waals surface area contributed by atoms with Gasteiger partial charge in [0.25, 0.3) is 0 Å². The normalized spacial score (nSPS) is 27.8. The Morgan fingerprint density at radius 2 is 1.23 bits per heavy atom. The van der Waals surface area contributed by atoms with Crippen LogP contribution in [0.4, 0.5) is 0 Å². The van der Waals surface area contributed by atoms with Gasteiger partial charge in [-0.3, -0.25) is 9.59 Å². The molecule has 0 radical (unpaired) electrons. The van der Waals surface area contributed by atoms with Crippen molar-refractivity contribution in [1.82, 2.24) is 15.5 Å². The van der Waals surface area contributed by atoms with Crippen molar-refractivity contribution >= 4 is 11.8 Å². The van der Waals surface area contributed by atoms with Crippen LogP contribution < -0.4 is 10.6 Å². The molecular weight excluding hydrogens is 326 g/mol. The molecule has 0 aromatic carbocycles. The van der Waals surface area contributed by atoms with Crippen LogP contribution in [0.3, 0.4) is 0 Å². The molecule has 0 aromatic rings. The Kier molecular flexibility index (Phi) is 8.39. The SMILES string of the molecule is CC1CC(C(=O)NCCCN(CCCNC(=O)C2CC(C)C2)C(C)C)C1. The van der Waals surface area contributed by atoms with E-state index in [-0.39, 0.29) is 23.7 Å². The van der Waals surface area contributed by atoms with Gasteiger partial charge in [-0.15, -0.1) is 0 Å². The molecule has 0 heterocycles. The van der Waals surface area contributed by atoms with E-state index in [1.807, 2.05) is 0 Å². The highest BCUT2D eigenvalue weighted by Crippen LogP contribution is 2.33. The van der Waals surface area contributed by atoms with Gasteiger partial charge in [0.1, 0.15) is 0 Å². The fraction of sp³-hybridized carbons (Fsp3) is 0.905. The average Bonchev–Trinajstić information content (AvgIpc) is 2.53. The zero-order valence-electron chi connectivity index (χ0n) is 17.2. The third kappa shape index (κ3) is 6.57. The van der Waals surface area contributed by atoms with Crippen LogP contribution in [0.2, 0.25) is 0 Å². The molecule has 2 fully saturated rings. The van der Waals surface area contributed by atoms with E-state index in [0.29, 0.717) is 6.04 Å². The number of hydrogen-bond donors (Lipinski definition) is 2. The minimum Gasteiger partial charge on any atom is -0.356 e. The summed E-state index contributed by atoms with van der Waals surface area (Å²) in [6, 6.07) is 0.487. The molecule has 0 atom stereocenters. The van der Waals surface area contributed by atoms with Crippen molar-refractivity contribution in [3.05, 3.63) is 0 Å². The number of hydrogen-bond acceptors (Lipinski definition) is 3. The Balaban J connectivity index is 1.52. The van der Waals surface area contributed by atoms with E-state index in [4.69, 9.17) is 0 Å². The molecule has 0 saturated heterocycles. The highest BCUT2D eigenvalue weighted by atomic mass is 16.2. The van der Waals surface area contributed by atoms with Crippen molar-refractivity contribution < 1.29 is 9.59 Å². The summed E-state index contributed by atoms with van der Waals surface area (Å²) >= 11 is 0. The van der Waals surface area contributed by atoms with E-state index < -0.39 is 0 Å². The summed E-state index contributed by atoms with van der Waals surface area (Å²) in [7, 11) is 0. The molecule has 2 aliphatic rings. The quantitative estimate of drug-likeness (QED) is 0.554. The molecule has 0 aromatic heterocycles. The molecule has 0 spiro atoms. The molecule has 0 bridgehead atoms. The second kappa shape index (κ2) is 10.3. The van der Waals surface area contributed by atoms with Crippen molar-refractivity contribution in [2.75, 3.05) is 26.2 Å². The number of amides is 2. The molecule has 5 heteroatoms. The predicted molar refractivity (Wildman–Crippen MR) is 106 cm³/mol. The summed E-state index contributed by atoms with van der Waals surface area (Å²) < 4.78 is 0. The van der Waals surface area contributed by atoms with Crippen molar-refractivity contribution in [2.24, 2.45) is 23.7 Å². The first-order valence-electron chi connectivity index (χ1n) is 10.7. The topological polar surface area (TPSA) is 61.4 Å². The Morgan fingerprint density at radius 3 is 1.54 bits per heavy atom. The predicted octanol–water partition coefficient (Wildman–Crippen LogP) is 2.80. The van der Waals surface area contributed by atoms with Crippen LogP contribution in [-0.2, 0) is 9.59 Å². The monoisotopic (exact) mass is 365 g/mol. The van der Waals surface area contributed by atoms with E-state index in [0.717, 1.165) is 76.5 Å². The number of nitrogens with one attached hydrogen (secondary N) is 2.